The minimum Gasteiger partial charge on any atom is -0.443 e. The number of nitrogens with zero attached hydrogens (tertiary/aromatic N) is 8. The molecule has 1 aliphatic rings. The Hall–Kier alpha value is -5.92. The summed E-state index contributed by atoms with van der Waals surface area (Å²) in [6, 6.07) is 3.20. The molecule has 4 amide bonds. The van der Waals surface area contributed by atoms with Crippen LogP contribution in [0.3, 0.4) is 0 Å². The SMILES string of the molecule is C.CC(C)(C)OC(=O)N(Cc1cc(-c2cnc(C(F)(F)F)nc2)cnc1C1CC1)C(=O)OC(C)(C)C.CC(C)(C)OC(=O)N(Cc1cc(Cl)cnc1Cl)C(=O)OC(C)(C)C.OB(O)c1cnc(C(F)(F)F)nc1. The number of halogens is 8. The first kappa shape index (κ1) is 63.2. The van der Waals surface area contributed by atoms with Crippen molar-refractivity contribution in [2.75, 3.05) is 0 Å². The molecular weight excluding hydrogens is 1020 g/mol. The highest BCUT2D eigenvalue weighted by Gasteiger charge is 2.37. The van der Waals surface area contributed by atoms with Crippen LogP contribution in [0.4, 0.5) is 45.5 Å². The summed E-state index contributed by atoms with van der Waals surface area (Å²) in [7, 11) is -1.86. The molecule has 1 fully saturated rings. The van der Waals surface area contributed by atoms with Crippen molar-refractivity contribution in [3.63, 3.8) is 0 Å². The number of ether oxygens (including phenoxy) is 4. The molecule has 0 aliphatic heterocycles. The van der Waals surface area contributed by atoms with E-state index in [-0.39, 0.29) is 37.0 Å². The third-order valence-electron chi connectivity index (χ3n) is 8.42. The number of imide groups is 2. The van der Waals surface area contributed by atoms with Gasteiger partial charge in [-0.05, 0) is 114 Å². The van der Waals surface area contributed by atoms with Gasteiger partial charge >= 0.3 is 43.8 Å². The average Bonchev–Trinajstić information content (AvgIpc) is 4.06. The highest BCUT2D eigenvalue weighted by atomic mass is 35.5. The van der Waals surface area contributed by atoms with Crippen LogP contribution in [-0.4, -0.2) is 104 Å². The van der Waals surface area contributed by atoms with Gasteiger partial charge in [-0.2, -0.15) is 26.3 Å². The largest absolute Gasteiger partial charge is 0.491 e. The molecule has 0 atom stereocenters. The molecule has 4 aromatic rings. The number of carbonyl (C=O) groups excluding carboxylic acids is 4. The lowest BCUT2D eigenvalue weighted by Gasteiger charge is -2.29. The van der Waals surface area contributed by atoms with Crippen LogP contribution in [0.5, 0.6) is 0 Å². The molecule has 402 valence electrons. The lowest BCUT2D eigenvalue weighted by atomic mass is 9.83. The van der Waals surface area contributed by atoms with E-state index in [2.05, 4.69) is 29.9 Å². The Kier molecular flexibility index (Phi) is 21.5. The molecule has 1 saturated carbocycles. The zero-order valence-electron chi connectivity index (χ0n) is 41.4. The van der Waals surface area contributed by atoms with Gasteiger partial charge in [0.05, 0.1) is 18.1 Å². The van der Waals surface area contributed by atoms with Gasteiger partial charge in [0.2, 0.25) is 11.6 Å². The molecule has 4 heterocycles. The number of hydrogen-bond acceptors (Lipinski definition) is 16. The molecular formula is C46H59BCl2F6N8O10. The number of amides is 4. The van der Waals surface area contributed by atoms with E-state index < -0.39 is 77.9 Å². The Morgan fingerprint density at radius 3 is 1.26 bits per heavy atom. The van der Waals surface area contributed by atoms with E-state index in [1.54, 1.807) is 89.2 Å². The van der Waals surface area contributed by atoms with Crippen LogP contribution in [0.25, 0.3) is 11.1 Å². The Labute approximate surface area is 429 Å². The minimum atomic E-state index is -4.65. The van der Waals surface area contributed by atoms with Gasteiger partial charge in [0.25, 0.3) is 0 Å². The third kappa shape index (κ3) is 22.0. The van der Waals surface area contributed by atoms with Crippen LogP contribution in [0, 0.1) is 0 Å². The molecule has 0 spiro atoms. The first-order chi connectivity index (χ1) is 32.7. The standard InChI is InChI=1S/C24H29F3N4O4.C16H22Cl2N2O4.C5H4BF3N2O2.CH4/c1-22(2,3)34-20(32)31(21(33)35-23(4,5)6)13-16-9-15(10-28-18(16)14-7-8-14)17-11-29-19(30-12-17)24(25,26)27;1-15(2,3)23-13(21)20(14(22)24-16(4,5)6)9-10-7-11(17)8-19-12(10)18;7-5(8,9)4-10-1-3(2-11-4)6(12)13;/h9-12,14H,7-8,13H2,1-6H3;7-8H,9H2,1-6H3;1-2,12-13H;1H4. The van der Waals surface area contributed by atoms with E-state index >= 15 is 0 Å². The van der Waals surface area contributed by atoms with Gasteiger partial charge in [0.1, 0.15) is 27.6 Å². The normalized spacial score (nSPS) is 12.8. The summed E-state index contributed by atoms with van der Waals surface area (Å²) in [5, 5.41) is 17.5. The van der Waals surface area contributed by atoms with Crippen LogP contribution in [0.1, 0.15) is 138 Å². The molecule has 0 aromatic carbocycles. The molecule has 5 rings (SSSR count). The van der Waals surface area contributed by atoms with Crippen molar-refractivity contribution in [1.82, 2.24) is 39.7 Å². The summed E-state index contributed by atoms with van der Waals surface area (Å²) in [5.41, 5.74) is -1.000. The summed E-state index contributed by atoms with van der Waals surface area (Å²) in [6.45, 7) is 19.9. The van der Waals surface area contributed by atoms with E-state index in [0.29, 0.717) is 45.4 Å². The van der Waals surface area contributed by atoms with Crippen molar-refractivity contribution in [2.24, 2.45) is 0 Å². The van der Waals surface area contributed by atoms with Gasteiger partial charge in [0.15, 0.2) is 0 Å². The number of carbonyl (C=O) groups is 4. The molecule has 4 aromatic heterocycles. The Bertz CT molecular complexity index is 2460. The third-order valence-corrected chi connectivity index (χ3v) is 8.97. The van der Waals surface area contributed by atoms with Gasteiger partial charge in [0, 0.05) is 70.9 Å². The summed E-state index contributed by atoms with van der Waals surface area (Å²) >= 11 is 11.9. The van der Waals surface area contributed by atoms with Crippen LogP contribution < -0.4 is 5.46 Å². The van der Waals surface area contributed by atoms with Crippen molar-refractivity contribution < 1.29 is 74.5 Å². The highest BCUT2D eigenvalue weighted by molar-refractivity contribution is 6.58. The predicted molar refractivity (Wildman–Crippen MR) is 256 cm³/mol. The van der Waals surface area contributed by atoms with E-state index in [0.717, 1.165) is 35.0 Å². The second-order valence-electron chi connectivity index (χ2n) is 19.7. The van der Waals surface area contributed by atoms with Crippen molar-refractivity contribution in [3.05, 3.63) is 88.0 Å². The number of pyridine rings is 2. The van der Waals surface area contributed by atoms with E-state index in [1.165, 1.54) is 18.5 Å². The van der Waals surface area contributed by atoms with Crippen molar-refractivity contribution in [1.29, 1.82) is 0 Å². The quantitative estimate of drug-likeness (QED) is 0.0758. The predicted octanol–water partition coefficient (Wildman–Crippen LogP) is 11.0. The number of rotatable bonds is 7. The van der Waals surface area contributed by atoms with E-state index in [1.807, 2.05) is 0 Å². The van der Waals surface area contributed by atoms with Crippen molar-refractivity contribution in [2.45, 2.75) is 157 Å². The van der Waals surface area contributed by atoms with Gasteiger partial charge in [-0.25, -0.2) is 53.9 Å². The van der Waals surface area contributed by atoms with Crippen LogP contribution >= 0.6 is 23.2 Å². The zero-order valence-corrected chi connectivity index (χ0v) is 42.9. The van der Waals surface area contributed by atoms with Crippen LogP contribution in [0.2, 0.25) is 10.2 Å². The fraction of sp³-hybridized carbons (Fsp3) is 0.522. The summed E-state index contributed by atoms with van der Waals surface area (Å²) in [4.78, 5) is 73.4. The lowest BCUT2D eigenvalue weighted by Crippen LogP contribution is -2.43. The van der Waals surface area contributed by atoms with Gasteiger partial charge in [-0.1, -0.05) is 30.6 Å². The first-order valence-corrected chi connectivity index (χ1v) is 22.4. The second kappa shape index (κ2) is 24.9. The average molecular weight is 1080 g/mol. The smallest absolute Gasteiger partial charge is 0.443 e. The molecule has 2 N–H and O–H groups in total. The fourth-order valence-electron chi connectivity index (χ4n) is 5.36. The molecule has 0 radical (unpaired) electrons. The van der Waals surface area contributed by atoms with Gasteiger partial charge < -0.3 is 29.0 Å². The Morgan fingerprint density at radius 1 is 0.562 bits per heavy atom. The minimum absolute atomic E-state index is 0. The molecule has 73 heavy (non-hydrogen) atoms. The first-order valence-electron chi connectivity index (χ1n) is 21.6. The molecule has 27 heteroatoms. The highest BCUT2D eigenvalue weighted by Crippen LogP contribution is 2.42. The molecule has 0 bridgehead atoms. The summed E-state index contributed by atoms with van der Waals surface area (Å²) in [6.07, 6.45) is -4.45. The zero-order chi connectivity index (χ0) is 54.9. The molecule has 0 unspecified atom stereocenters. The second-order valence-corrected chi connectivity index (χ2v) is 20.5. The van der Waals surface area contributed by atoms with Gasteiger partial charge in [-0.3, -0.25) is 4.98 Å². The molecule has 1 aliphatic carbocycles. The van der Waals surface area contributed by atoms with Crippen molar-refractivity contribution >= 4 is 60.2 Å². The number of alkyl halides is 6. The summed E-state index contributed by atoms with van der Waals surface area (Å²) in [5.74, 6) is -2.39. The monoisotopic (exact) mass is 1080 g/mol. The molecule has 0 saturated heterocycles. The topological polar surface area (TPSA) is 229 Å². The maximum Gasteiger partial charge on any atom is 0.491 e. The van der Waals surface area contributed by atoms with E-state index in [9.17, 15) is 45.5 Å². The Balaban J connectivity index is 0.000000414. The Morgan fingerprint density at radius 2 is 0.918 bits per heavy atom. The lowest BCUT2D eigenvalue weighted by molar-refractivity contribution is -0.145. The van der Waals surface area contributed by atoms with Crippen LogP contribution in [0.15, 0.2) is 49.3 Å². The van der Waals surface area contributed by atoms with Crippen LogP contribution in [-0.2, 0) is 44.4 Å². The van der Waals surface area contributed by atoms with E-state index in [4.69, 9.17) is 52.2 Å². The number of hydrogen-bond donors (Lipinski definition) is 2. The van der Waals surface area contributed by atoms with Crippen molar-refractivity contribution in [3.8, 4) is 11.1 Å². The fourth-order valence-corrected chi connectivity index (χ4v) is 5.71. The molecule has 18 nitrogen and oxygen atoms in total. The summed E-state index contributed by atoms with van der Waals surface area (Å²) < 4.78 is 95.5. The van der Waals surface area contributed by atoms with Gasteiger partial charge in [-0.15, -0.1) is 0 Å². The number of aromatic nitrogens is 6. The maximum absolute atomic E-state index is 12.9. The maximum atomic E-state index is 12.9.